The van der Waals surface area contributed by atoms with Gasteiger partial charge in [-0.2, -0.15) is 0 Å². The summed E-state index contributed by atoms with van der Waals surface area (Å²) in [5.74, 6) is -1.74. The molecule has 1 rings (SSSR count). The van der Waals surface area contributed by atoms with E-state index in [0.29, 0.717) is 23.6 Å². The molecular weight excluding hydrogens is 220 g/mol. The summed E-state index contributed by atoms with van der Waals surface area (Å²) in [5, 5.41) is 0.293. The van der Waals surface area contributed by atoms with Crippen molar-refractivity contribution in [3.8, 4) is 0 Å². The zero-order valence-electron chi connectivity index (χ0n) is 8.40. The van der Waals surface area contributed by atoms with Crippen molar-refractivity contribution in [1.29, 1.82) is 0 Å². The first-order valence-electron chi connectivity index (χ1n) is 4.98. The van der Waals surface area contributed by atoms with E-state index in [9.17, 15) is 8.78 Å². The van der Waals surface area contributed by atoms with Crippen LogP contribution in [-0.2, 0) is 6.42 Å². The van der Waals surface area contributed by atoms with E-state index < -0.39 is 11.6 Å². The van der Waals surface area contributed by atoms with Gasteiger partial charge in [-0.1, -0.05) is 18.0 Å². The highest BCUT2D eigenvalue weighted by Gasteiger charge is 2.07. The second kappa shape index (κ2) is 6.03. The van der Waals surface area contributed by atoms with Crippen molar-refractivity contribution in [3.63, 3.8) is 0 Å². The van der Waals surface area contributed by atoms with Gasteiger partial charge in [0.25, 0.3) is 0 Å². The van der Waals surface area contributed by atoms with Crippen molar-refractivity contribution in [2.75, 3.05) is 6.54 Å². The predicted octanol–water partition coefficient (Wildman–Crippen LogP) is 3.29. The van der Waals surface area contributed by atoms with Crippen molar-refractivity contribution in [2.45, 2.75) is 25.7 Å². The summed E-state index contributed by atoms with van der Waals surface area (Å²) in [4.78, 5) is 0. The van der Waals surface area contributed by atoms with Crippen LogP contribution < -0.4 is 5.73 Å². The lowest BCUT2D eigenvalue weighted by molar-refractivity contribution is 0.506. The fourth-order valence-electron chi connectivity index (χ4n) is 1.39. The van der Waals surface area contributed by atoms with Crippen LogP contribution in [0.4, 0.5) is 8.78 Å². The number of benzene rings is 1. The lowest BCUT2D eigenvalue weighted by atomic mass is 10.1. The Balaban J connectivity index is 2.57. The van der Waals surface area contributed by atoms with E-state index in [-0.39, 0.29) is 0 Å². The van der Waals surface area contributed by atoms with E-state index in [4.69, 9.17) is 17.3 Å². The largest absolute Gasteiger partial charge is 0.330 e. The Kier molecular flexibility index (Phi) is 4.99. The van der Waals surface area contributed by atoms with Gasteiger partial charge in [-0.05, 0) is 43.5 Å². The number of unbranched alkanes of at least 4 members (excludes halogenated alkanes) is 2. The summed E-state index contributed by atoms with van der Waals surface area (Å²) in [5.41, 5.74) is 6.01. The number of hydrogen-bond donors (Lipinski definition) is 1. The summed E-state index contributed by atoms with van der Waals surface area (Å²) in [6.45, 7) is 0.658. The average Bonchev–Trinajstić information content (AvgIpc) is 2.20. The molecule has 0 fully saturated rings. The molecule has 84 valence electrons. The number of nitrogens with two attached hydrogens (primary N) is 1. The molecule has 1 aromatic carbocycles. The Bertz CT molecular complexity index is 329. The van der Waals surface area contributed by atoms with Crippen LogP contribution in [0.3, 0.4) is 0 Å². The van der Waals surface area contributed by atoms with Gasteiger partial charge in [0.2, 0.25) is 0 Å². The van der Waals surface area contributed by atoms with Crippen molar-refractivity contribution in [1.82, 2.24) is 0 Å². The van der Waals surface area contributed by atoms with E-state index >= 15 is 0 Å². The van der Waals surface area contributed by atoms with Gasteiger partial charge in [-0.3, -0.25) is 0 Å². The highest BCUT2D eigenvalue weighted by molar-refractivity contribution is 6.31. The minimum absolute atomic E-state index is 0.293. The molecule has 0 heterocycles. The Labute approximate surface area is 93.2 Å². The molecule has 0 aromatic heterocycles. The second-order valence-corrected chi connectivity index (χ2v) is 3.86. The lowest BCUT2D eigenvalue weighted by Gasteiger charge is -2.04. The standard InChI is InChI=1S/C11H14ClF2N/c12-9-7-11(14)10(13)6-8(9)4-2-1-3-5-15/h6-7H,1-5,15H2. The summed E-state index contributed by atoms with van der Waals surface area (Å²) in [6.07, 6.45) is 3.48. The molecule has 0 unspecified atom stereocenters. The maximum Gasteiger partial charge on any atom is 0.160 e. The van der Waals surface area contributed by atoms with Gasteiger partial charge in [0, 0.05) is 5.02 Å². The molecule has 0 atom stereocenters. The summed E-state index contributed by atoms with van der Waals surface area (Å²) >= 11 is 5.78. The molecular formula is C11H14ClF2N. The van der Waals surface area contributed by atoms with E-state index in [0.717, 1.165) is 25.3 Å². The fraction of sp³-hybridized carbons (Fsp3) is 0.455. The minimum Gasteiger partial charge on any atom is -0.330 e. The molecule has 4 heteroatoms. The van der Waals surface area contributed by atoms with Crippen LogP contribution in [0, 0.1) is 11.6 Å². The smallest absolute Gasteiger partial charge is 0.160 e. The van der Waals surface area contributed by atoms with Gasteiger partial charge in [0.1, 0.15) is 0 Å². The Morgan fingerprint density at radius 1 is 1.07 bits per heavy atom. The highest BCUT2D eigenvalue weighted by Crippen LogP contribution is 2.21. The molecule has 0 saturated heterocycles. The Morgan fingerprint density at radius 3 is 2.40 bits per heavy atom. The molecule has 0 bridgehead atoms. The molecule has 15 heavy (non-hydrogen) atoms. The van der Waals surface area contributed by atoms with Gasteiger partial charge >= 0.3 is 0 Å². The predicted molar refractivity (Wildman–Crippen MR) is 58.0 cm³/mol. The van der Waals surface area contributed by atoms with Crippen LogP contribution >= 0.6 is 11.6 Å². The topological polar surface area (TPSA) is 26.0 Å². The Morgan fingerprint density at radius 2 is 1.73 bits per heavy atom. The molecule has 0 saturated carbocycles. The SMILES string of the molecule is NCCCCCc1cc(F)c(F)cc1Cl. The van der Waals surface area contributed by atoms with Crippen LogP contribution in [0.15, 0.2) is 12.1 Å². The molecule has 0 radical (unpaired) electrons. The first-order valence-corrected chi connectivity index (χ1v) is 5.36. The number of aryl methyl sites for hydroxylation is 1. The molecule has 0 aliphatic rings. The molecule has 0 aliphatic heterocycles. The molecule has 0 spiro atoms. The highest BCUT2D eigenvalue weighted by atomic mass is 35.5. The van der Waals surface area contributed by atoms with Crippen LogP contribution in [0.25, 0.3) is 0 Å². The molecule has 0 amide bonds. The van der Waals surface area contributed by atoms with E-state index in [1.165, 1.54) is 6.07 Å². The van der Waals surface area contributed by atoms with Gasteiger partial charge < -0.3 is 5.73 Å². The minimum atomic E-state index is -0.897. The van der Waals surface area contributed by atoms with Crippen molar-refractivity contribution < 1.29 is 8.78 Å². The maximum absolute atomic E-state index is 12.9. The summed E-state index contributed by atoms with van der Waals surface area (Å²) < 4.78 is 25.6. The third-order valence-corrected chi connectivity index (χ3v) is 2.59. The molecule has 2 N–H and O–H groups in total. The summed E-state index contributed by atoms with van der Waals surface area (Å²) in [7, 11) is 0. The average molecular weight is 234 g/mol. The van der Waals surface area contributed by atoms with E-state index in [2.05, 4.69) is 0 Å². The van der Waals surface area contributed by atoms with Crippen molar-refractivity contribution in [2.24, 2.45) is 5.73 Å². The van der Waals surface area contributed by atoms with Crippen LogP contribution in [0.2, 0.25) is 5.02 Å². The molecule has 0 aliphatic carbocycles. The van der Waals surface area contributed by atoms with Crippen LogP contribution in [0.5, 0.6) is 0 Å². The van der Waals surface area contributed by atoms with Gasteiger partial charge in [0.05, 0.1) is 0 Å². The maximum atomic E-state index is 12.9. The van der Waals surface area contributed by atoms with Crippen molar-refractivity contribution in [3.05, 3.63) is 34.4 Å². The molecule has 1 aromatic rings. The van der Waals surface area contributed by atoms with Crippen LogP contribution in [-0.4, -0.2) is 6.54 Å². The van der Waals surface area contributed by atoms with E-state index in [1.807, 2.05) is 0 Å². The lowest BCUT2D eigenvalue weighted by Crippen LogP contribution is -1.98. The van der Waals surface area contributed by atoms with Gasteiger partial charge in [-0.15, -0.1) is 0 Å². The zero-order chi connectivity index (χ0) is 11.3. The fourth-order valence-corrected chi connectivity index (χ4v) is 1.64. The van der Waals surface area contributed by atoms with Gasteiger partial charge in [0.15, 0.2) is 11.6 Å². The first-order chi connectivity index (χ1) is 7.15. The first kappa shape index (κ1) is 12.4. The Hall–Kier alpha value is -0.670. The van der Waals surface area contributed by atoms with Gasteiger partial charge in [-0.25, -0.2) is 8.78 Å². The van der Waals surface area contributed by atoms with Crippen LogP contribution in [0.1, 0.15) is 24.8 Å². The third kappa shape index (κ3) is 3.76. The normalized spacial score (nSPS) is 10.7. The van der Waals surface area contributed by atoms with E-state index in [1.54, 1.807) is 0 Å². The number of halogens is 3. The van der Waals surface area contributed by atoms with Crippen molar-refractivity contribution >= 4 is 11.6 Å². The second-order valence-electron chi connectivity index (χ2n) is 3.46. The quantitative estimate of drug-likeness (QED) is 0.613. The zero-order valence-corrected chi connectivity index (χ0v) is 9.16. The third-order valence-electron chi connectivity index (χ3n) is 2.24. The number of rotatable bonds is 5. The molecule has 1 nitrogen and oxygen atoms in total. The summed E-state index contributed by atoms with van der Waals surface area (Å²) in [6, 6.07) is 2.19. The number of hydrogen-bond acceptors (Lipinski definition) is 1. The monoisotopic (exact) mass is 233 g/mol.